The molecule has 0 aliphatic heterocycles. The zero-order valence-electron chi connectivity index (χ0n) is 17.2. The highest BCUT2D eigenvalue weighted by Gasteiger charge is 2.16. The minimum atomic E-state index is -0.310. The third-order valence-electron chi connectivity index (χ3n) is 4.50. The van der Waals surface area contributed by atoms with Crippen LogP contribution >= 0.6 is 11.3 Å². The molecule has 1 aromatic carbocycles. The van der Waals surface area contributed by atoms with E-state index in [9.17, 15) is 14.7 Å². The first-order valence-electron chi connectivity index (χ1n) is 9.43. The fourth-order valence-corrected chi connectivity index (χ4v) is 3.59. The fraction of sp³-hybridized carbons (Fsp3) is 0.300. The molecule has 3 rings (SSSR count). The molecule has 2 heterocycles. The standard InChI is InChI=1S/C20H24N6O3S/c1-5-21-17(28)10-26-12(3)8-16(25-26)23-20-22-9-15(30-20)19(29)24-18-11(2)6-7-14(27)13(18)4/h6-9,27H,5,10H2,1-4H3,(H,21,28)(H,24,29)(H,22,23,25). The first kappa shape index (κ1) is 21.3. The lowest BCUT2D eigenvalue weighted by Gasteiger charge is -2.11. The Balaban J connectivity index is 1.69. The molecule has 0 saturated heterocycles. The van der Waals surface area contributed by atoms with E-state index in [1.807, 2.05) is 20.8 Å². The van der Waals surface area contributed by atoms with Gasteiger partial charge in [0.25, 0.3) is 5.91 Å². The van der Waals surface area contributed by atoms with Crippen LogP contribution in [0.1, 0.15) is 33.4 Å². The summed E-state index contributed by atoms with van der Waals surface area (Å²) in [6.45, 7) is 8.03. The number of aromatic nitrogens is 3. The second-order valence-electron chi connectivity index (χ2n) is 6.79. The summed E-state index contributed by atoms with van der Waals surface area (Å²) in [7, 11) is 0. The van der Waals surface area contributed by atoms with Crippen molar-refractivity contribution >= 4 is 39.8 Å². The van der Waals surface area contributed by atoms with Crippen LogP contribution in [-0.4, -0.2) is 38.2 Å². The van der Waals surface area contributed by atoms with Gasteiger partial charge in [-0.05, 0) is 39.3 Å². The molecule has 0 atom stereocenters. The molecule has 0 saturated carbocycles. The largest absolute Gasteiger partial charge is 0.508 e. The monoisotopic (exact) mass is 428 g/mol. The molecule has 0 bridgehead atoms. The van der Waals surface area contributed by atoms with E-state index in [2.05, 4.69) is 26.0 Å². The lowest BCUT2D eigenvalue weighted by atomic mass is 10.1. The molecule has 0 aliphatic carbocycles. The minimum Gasteiger partial charge on any atom is -0.508 e. The summed E-state index contributed by atoms with van der Waals surface area (Å²) < 4.78 is 1.60. The van der Waals surface area contributed by atoms with E-state index in [0.29, 0.717) is 33.6 Å². The van der Waals surface area contributed by atoms with Crippen molar-refractivity contribution in [2.45, 2.75) is 34.2 Å². The number of hydrogen-bond donors (Lipinski definition) is 4. The Bertz CT molecular complexity index is 1090. The Hall–Kier alpha value is -3.40. The molecule has 10 heteroatoms. The van der Waals surface area contributed by atoms with Gasteiger partial charge < -0.3 is 21.1 Å². The van der Waals surface area contributed by atoms with Crippen LogP contribution in [0.5, 0.6) is 5.75 Å². The van der Waals surface area contributed by atoms with Crippen molar-refractivity contribution in [3.63, 3.8) is 0 Å². The number of likely N-dealkylation sites (N-methyl/N-ethyl adjacent to an activating group) is 1. The van der Waals surface area contributed by atoms with Gasteiger partial charge in [-0.15, -0.1) is 0 Å². The molecule has 2 aromatic heterocycles. The van der Waals surface area contributed by atoms with Gasteiger partial charge in [-0.2, -0.15) is 5.10 Å². The van der Waals surface area contributed by atoms with Crippen LogP contribution in [0.2, 0.25) is 0 Å². The number of phenolic OH excluding ortho intramolecular Hbond substituents is 1. The third-order valence-corrected chi connectivity index (χ3v) is 5.41. The Morgan fingerprint density at radius 3 is 2.73 bits per heavy atom. The quantitative estimate of drug-likeness (QED) is 0.459. The summed E-state index contributed by atoms with van der Waals surface area (Å²) in [5.41, 5.74) is 2.88. The smallest absolute Gasteiger partial charge is 0.267 e. The molecular formula is C20H24N6O3S. The maximum Gasteiger partial charge on any atom is 0.267 e. The molecule has 0 unspecified atom stereocenters. The number of carbonyl (C=O) groups is 2. The number of benzene rings is 1. The average molecular weight is 429 g/mol. The molecule has 0 aliphatic rings. The van der Waals surface area contributed by atoms with Crippen molar-refractivity contribution in [3.8, 4) is 5.75 Å². The van der Waals surface area contributed by atoms with Crippen molar-refractivity contribution in [2.75, 3.05) is 17.2 Å². The Morgan fingerprint density at radius 2 is 2.00 bits per heavy atom. The van der Waals surface area contributed by atoms with Gasteiger partial charge in [-0.3, -0.25) is 14.3 Å². The minimum absolute atomic E-state index is 0.110. The zero-order valence-corrected chi connectivity index (χ0v) is 18.1. The Morgan fingerprint density at radius 1 is 1.23 bits per heavy atom. The molecule has 3 aromatic rings. The Kier molecular flexibility index (Phi) is 6.36. The van der Waals surface area contributed by atoms with E-state index in [1.54, 1.807) is 29.8 Å². The predicted molar refractivity (Wildman–Crippen MR) is 117 cm³/mol. The first-order valence-corrected chi connectivity index (χ1v) is 10.2. The lowest BCUT2D eigenvalue weighted by Crippen LogP contribution is -2.27. The van der Waals surface area contributed by atoms with E-state index in [1.165, 1.54) is 17.5 Å². The van der Waals surface area contributed by atoms with E-state index < -0.39 is 0 Å². The summed E-state index contributed by atoms with van der Waals surface area (Å²) >= 11 is 1.18. The van der Waals surface area contributed by atoms with Crippen LogP contribution in [-0.2, 0) is 11.3 Å². The number of amides is 2. The summed E-state index contributed by atoms with van der Waals surface area (Å²) in [6.07, 6.45) is 1.48. The summed E-state index contributed by atoms with van der Waals surface area (Å²) in [5, 5.41) is 23.4. The molecular weight excluding hydrogens is 404 g/mol. The highest BCUT2D eigenvalue weighted by atomic mass is 32.1. The number of anilines is 3. The van der Waals surface area contributed by atoms with Crippen molar-refractivity contribution in [2.24, 2.45) is 0 Å². The van der Waals surface area contributed by atoms with Gasteiger partial charge in [-0.25, -0.2) is 4.98 Å². The summed E-state index contributed by atoms with van der Waals surface area (Å²) in [6, 6.07) is 5.15. The fourth-order valence-electron chi connectivity index (χ4n) is 2.87. The van der Waals surface area contributed by atoms with Crippen LogP contribution in [0.3, 0.4) is 0 Å². The topological polar surface area (TPSA) is 121 Å². The highest BCUT2D eigenvalue weighted by Crippen LogP contribution is 2.29. The van der Waals surface area contributed by atoms with Gasteiger partial charge in [0.1, 0.15) is 17.2 Å². The Labute approximate surface area is 178 Å². The molecule has 9 nitrogen and oxygen atoms in total. The number of hydrogen-bond acceptors (Lipinski definition) is 7. The number of carbonyl (C=O) groups excluding carboxylic acids is 2. The van der Waals surface area contributed by atoms with Crippen LogP contribution < -0.4 is 16.0 Å². The molecule has 158 valence electrons. The van der Waals surface area contributed by atoms with Gasteiger partial charge in [0.15, 0.2) is 10.9 Å². The average Bonchev–Trinajstić information content (AvgIpc) is 3.29. The van der Waals surface area contributed by atoms with Gasteiger partial charge in [0.05, 0.1) is 11.9 Å². The maximum absolute atomic E-state index is 12.6. The molecule has 2 amide bonds. The lowest BCUT2D eigenvalue weighted by molar-refractivity contribution is -0.121. The van der Waals surface area contributed by atoms with E-state index >= 15 is 0 Å². The van der Waals surface area contributed by atoms with Crippen molar-refractivity contribution in [1.29, 1.82) is 0 Å². The summed E-state index contributed by atoms with van der Waals surface area (Å²) in [4.78, 5) is 29.0. The molecule has 0 radical (unpaired) electrons. The van der Waals surface area contributed by atoms with Gasteiger partial charge in [0, 0.05) is 23.9 Å². The van der Waals surface area contributed by atoms with Crippen molar-refractivity contribution in [3.05, 3.63) is 46.1 Å². The van der Waals surface area contributed by atoms with Crippen LogP contribution in [0.15, 0.2) is 24.4 Å². The van der Waals surface area contributed by atoms with E-state index in [4.69, 9.17) is 0 Å². The van der Waals surface area contributed by atoms with E-state index in [0.717, 1.165) is 11.3 Å². The SMILES string of the molecule is CCNC(=O)Cn1nc(Nc2ncc(C(=O)Nc3c(C)ccc(O)c3C)s2)cc1C. The number of thiazole rings is 1. The summed E-state index contributed by atoms with van der Waals surface area (Å²) in [5.74, 6) is 0.246. The first-order chi connectivity index (χ1) is 14.3. The maximum atomic E-state index is 12.6. The number of nitrogens with zero attached hydrogens (tertiary/aromatic N) is 3. The number of phenols is 1. The highest BCUT2D eigenvalue weighted by molar-refractivity contribution is 7.17. The second-order valence-corrected chi connectivity index (χ2v) is 7.82. The van der Waals surface area contributed by atoms with Gasteiger partial charge in [0.2, 0.25) is 5.91 Å². The normalized spacial score (nSPS) is 10.7. The van der Waals surface area contributed by atoms with Crippen LogP contribution in [0.4, 0.5) is 16.6 Å². The zero-order chi connectivity index (χ0) is 21.8. The number of rotatable bonds is 7. The molecule has 0 fully saturated rings. The second kappa shape index (κ2) is 8.95. The number of aryl methyl sites for hydroxylation is 2. The van der Waals surface area contributed by atoms with Gasteiger partial charge in [-0.1, -0.05) is 17.4 Å². The van der Waals surface area contributed by atoms with Gasteiger partial charge >= 0.3 is 0 Å². The van der Waals surface area contributed by atoms with Crippen LogP contribution in [0.25, 0.3) is 0 Å². The number of nitrogens with one attached hydrogen (secondary N) is 3. The number of aromatic hydroxyl groups is 1. The van der Waals surface area contributed by atoms with Crippen molar-refractivity contribution < 1.29 is 14.7 Å². The molecule has 4 N–H and O–H groups in total. The third kappa shape index (κ3) is 4.77. The predicted octanol–water partition coefficient (Wildman–Crippen LogP) is 3.10. The molecule has 0 spiro atoms. The van der Waals surface area contributed by atoms with Crippen LogP contribution in [0, 0.1) is 20.8 Å². The van der Waals surface area contributed by atoms with E-state index in [-0.39, 0.29) is 24.1 Å². The van der Waals surface area contributed by atoms with Crippen molar-refractivity contribution in [1.82, 2.24) is 20.1 Å². The molecule has 30 heavy (non-hydrogen) atoms.